The molecule has 3 nitrogen and oxygen atoms in total. The Kier molecular flexibility index (Phi) is 7.39. The zero-order valence-corrected chi connectivity index (χ0v) is 13.0. The van der Waals surface area contributed by atoms with Crippen LogP contribution in [0.2, 0.25) is 0 Å². The number of methoxy groups -OCH3 is 2. The molecule has 0 saturated carbocycles. The summed E-state index contributed by atoms with van der Waals surface area (Å²) in [5.41, 5.74) is 1.25. The van der Waals surface area contributed by atoms with Gasteiger partial charge in [-0.05, 0) is 30.2 Å². The van der Waals surface area contributed by atoms with Crippen molar-refractivity contribution in [1.29, 1.82) is 0 Å². The molecule has 0 unspecified atom stereocenters. The topological polar surface area (TPSA) is 30.5 Å². The van der Waals surface area contributed by atoms with E-state index in [2.05, 4.69) is 23.9 Å². The summed E-state index contributed by atoms with van der Waals surface area (Å²) in [5.74, 6) is 2.70. The van der Waals surface area contributed by atoms with E-state index >= 15 is 0 Å². The number of benzene rings is 1. The van der Waals surface area contributed by atoms with Gasteiger partial charge in [-0.2, -0.15) is 11.8 Å². The fourth-order valence-electron chi connectivity index (χ4n) is 1.63. The molecule has 0 aliphatic rings. The molecule has 0 atom stereocenters. The Bertz CT molecular complexity index is 372. The monoisotopic (exact) mass is 287 g/mol. The smallest absolute Gasteiger partial charge is 0.161 e. The standard InChI is InChI=1S/C13H21NO2S2/c1-15-11-7-10(9-14-5-6-17-3)13(18-4)8-12(11)16-2/h7-8,14H,5-6,9H2,1-4H3. The van der Waals surface area contributed by atoms with Crippen LogP contribution in [0.15, 0.2) is 17.0 Å². The van der Waals surface area contributed by atoms with Crippen LogP contribution in [0.25, 0.3) is 0 Å². The minimum atomic E-state index is 0.787. The molecule has 0 aromatic heterocycles. The minimum absolute atomic E-state index is 0.787. The highest BCUT2D eigenvalue weighted by Gasteiger charge is 2.10. The molecule has 102 valence electrons. The van der Waals surface area contributed by atoms with E-state index in [-0.39, 0.29) is 0 Å². The average Bonchev–Trinajstić information content (AvgIpc) is 2.42. The van der Waals surface area contributed by atoms with E-state index < -0.39 is 0 Å². The second-order valence-corrected chi connectivity index (χ2v) is 5.52. The van der Waals surface area contributed by atoms with Gasteiger partial charge < -0.3 is 14.8 Å². The summed E-state index contributed by atoms with van der Waals surface area (Å²) in [4.78, 5) is 1.23. The third-order valence-electron chi connectivity index (χ3n) is 2.59. The molecule has 1 N–H and O–H groups in total. The van der Waals surface area contributed by atoms with Crippen molar-refractivity contribution in [1.82, 2.24) is 5.32 Å². The van der Waals surface area contributed by atoms with E-state index in [1.165, 1.54) is 10.5 Å². The average molecular weight is 287 g/mol. The summed E-state index contributed by atoms with van der Waals surface area (Å²) in [6.45, 7) is 1.88. The highest BCUT2D eigenvalue weighted by atomic mass is 32.2. The van der Waals surface area contributed by atoms with Crippen molar-refractivity contribution in [2.45, 2.75) is 11.4 Å². The maximum atomic E-state index is 5.34. The van der Waals surface area contributed by atoms with Gasteiger partial charge in [0.15, 0.2) is 11.5 Å². The van der Waals surface area contributed by atoms with Crippen LogP contribution in [0.5, 0.6) is 11.5 Å². The van der Waals surface area contributed by atoms with Crippen LogP contribution < -0.4 is 14.8 Å². The number of hydrogen-bond acceptors (Lipinski definition) is 5. The van der Waals surface area contributed by atoms with Gasteiger partial charge in [0.05, 0.1) is 14.2 Å². The molecule has 0 saturated heterocycles. The van der Waals surface area contributed by atoms with Gasteiger partial charge in [-0.1, -0.05) is 0 Å². The third-order valence-corrected chi connectivity index (χ3v) is 4.02. The summed E-state index contributed by atoms with van der Waals surface area (Å²) >= 11 is 3.58. The van der Waals surface area contributed by atoms with Crippen molar-refractivity contribution in [3.05, 3.63) is 17.7 Å². The number of thioether (sulfide) groups is 2. The molecule has 0 radical (unpaired) electrons. The first-order valence-corrected chi connectivity index (χ1v) is 8.37. The Labute approximate surface area is 118 Å². The van der Waals surface area contributed by atoms with E-state index in [4.69, 9.17) is 9.47 Å². The van der Waals surface area contributed by atoms with Gasteiger partial charge in [0, 0.05) is 23.7 Å². The first-order valence-electron chi connectivity index (χ1n) is 5.75. The highest BCUT2D eigenvalue weighted by Crippen LogP contribution is 2.34. The second-order valence-electron chi connectivity index (χ2n) is 3.69. The van der Waals surface area contributed by atoms with Crippen LogP contribution in [0.1, 0.15) is 5.56 Å². The van der Waals surface area contributed by atoms with Crippen molar-refractivity contribution < 1.29 is 9.47 Å². The molecule has 5 heteroatoms. The molecular formula is C13H21NO2S2. The van der Waals surface area contributed by atoms with Crippen LogP contribution >= 0.6 is 23.5 Å². The molecular weight excluding hydrogens is 266 g/mol. The van der Waals surface area contributed by atoms with E-state index in [1.807, 2.05) is 17.8 Å². The summed E-state index contributed by atoms with van der Waals surface area (Å²) in [6.07, 6.45) is 4.19. The van der Waals surface area contributed by atoms with Crippen LogP contribution in [0.4, 0.5) is 0 Å². The second kappa shape index (κ2) is 8.56. The summed E-state index contributed by atoms with van der Waals surface area (Å²) < 4.78 is 10.7. The number of ether oxygens (including phenoxy) is 2. The van der Waals surface area contributed by atoms with Crippen molar-refractivity contribution >= 4 is 23.5 Å². The maximum absolute atomic E-state index is 5.34. The van der Waals surface area contributed by atoms with Gasteiger partial charge >= 0.3 is 0 Å². The summed E-state index contributed by atoms with van der Waals surface area (Å²) in [6, 6.07) is 4.09. The fourth-order valence-corrected chi connectivity index (χ4v) is 2.59. The molecule has 0 fully saturated rings. The molecule has 0 heterocycles. The van der Waals surface area contributed by atoms with E-state index in [1.54, 1.807) is 26.0 Å². The lowest BCUT2D eigenvalue weighted by Crippen LogP contribution is -2.17. The van der Waals surface area contributed by atoms with Crippen LogP contribution in [0.3, 0.4) is 0 Å². The Morgan fingerprint density at radius 2 is 1.78 bits per heavy atom. The van der Waals surface area contributed by atoms with Gasteiger partial charge in [0.1, 0.15) is 0 Å². The molecule has 18 heavy (non-hydrogen) atoms. The lowest BCUT2D eigenvalue weighted by atomic mass is 10.2. The molecule has 0 amide bonds. The lowest BCUT2D eigenvalue weighted by molar-refractivity contribution is 0.353. The van der Waals surface area contributed by atoms with Crippen LogP contribution in [-0.4, -0.2) is 39.0 Å². The van der Waals surface area contributed by atoms with Crippen LogP contribution in [0, 0.1) is 0 Å². The largest absolute Gasteiger partial charge is 0.493 e. The predicted octanol–water partition coefficient (Wildman–Crippen LogP) is 2.88. The molecule has 1 aromatic rings. The van der Waals surface area contributed by atoms with Crippen molar-refractivity contribution in [2.75, 3.05) is 39.0 Å². The molecule has 1 rings (SSSR count). The third kappa shape index (κ3) is 4.30. The first-order chi connectivity index (χ1) is 8.76. The normalized spacial score (nSPS) is 10.4. The fraction of sp³-hybridized carbons (Fsp3) is 0.538. The van der Waals surface area contributed by atoms with Gasteiger partial charge in [-0.15, -0.1) is 11.8 Å². The number of hydrogen-bond donors (Lipinski definition) is 1. The van der Waals surface area contributed by atoms with E-state index in [0.717, 1.165) is 30.3 Å². The van der Waals surface area contributed by atoms with E-state index in [9.17, 15) is 0 Å². The zero-order chi connectivity index (χ0) is 13.4. The molecule has 0 aliphatic heterocycles. The van der Waals surface area contributed by atoms with Gasteiger partial charge in [0.2, 0.25) is 0 Å². The Morgan fingerprint density at radius 3 is 2.33 bits per heavy atom. The van der Waals surface area contributed by atoms with E-state index in [0.29, 0.717) is 0 Å². The zero-order valence-electron chi connectivity index (χ0n) is 11.4. The molecule has 0 aliphatic carbocycles. The van der Waals surface area contributed by atoms with Crippen molar-refractivity contribution in [3.8, 4) is 11.5 Å². The summed E-state index contributed by atoms with van der Waals surface area (Å²) in [7, 11) is 3.33. The van der Waals surface area contributed by atoms with Crippen LogP contribution in [-0.2, 0) is 6.54 Å². The Balaban J connectivity index is 2.81. The lowest BCUT2D eigenvalue weighted by Gasteiger charge is -2.14. The predicted molar refractivity (Wildman–Crippen MR) is 81.4 cm³/mol. The first kappa shape index (κ1) is 15.5. The molecule has 1 aromatic carbocycles. The van der Waals surface area contributed by atoms with Gasteiger partial charge in [0.25, 0.3) is 0 Å². The van der Waals surface area contributed by atoms with Gasteiger partial charge in [-0.25, -0.2) is 0 Å². The Morgan fingerprint density at radius 1 is 1.11 bits per heavy atom. The van der Waals surface area contributed by atoms with Crippen molar-refractivity contribution in [3.63, 3.8) is 0 Å². The highest BCUT2D eigenvalue weighted by molar-refractivity contribution is 7.98. The number of nitrogens with one attached hydrogen (secondary N) is 1. The molecule has 0 spiro atoms. The summed E-state index contributed by atoms with van der Waals surface area (Å²) in [5, 5.41) is 3.44. The van der Waals surface area contributed by atoms with Crippen molar-refractivity contribution in [2.24, 2.45) is 0 Å². The SMILES string of the molecule is COc1cc(CNCCSC)c(SC)cc1OC. The molecule has 0 bridgehead atoms. The van der Waals surface area contributed by atoms with Gasteiger partial charge in [-0.3, -0.25) is 0 Å². The minimum Gasteiger partial charge on any atom is -0.493 e. The quantitative estimate of drug-likeness (QED) is 0.587. The Hall–Kier alpha value is -0.520. The number of rotatable bonds is 8. The maximum Gasteiger partial charge on any atom is 0.161 e.